The van der Waals surface area contributed by atoms with Crippen LogP contribution in [0.15, 0.2) is 63.9 Å². The molecule has 0 radical (unpaired) electrons. The molecule has 1 aliphatic heterocycles. The molecule has 0 spiro atoms. The Morgan fingerprint density at radius 2 is 1.55 bits per heavy atom. The van der Waals surface area contributed by atoms with Crippen molar-refractivity contribution >= 4 is 15.9 Å². The first-order chi connectivity index (χ1) is 15.8. The number of rotatable bonds is 6. The molecule has 0 unspecified atom stereocenters. The Balaban J connectivity index is 1.36. The van der Waals surface area contributed by atoms with Crippen LogP contribution in [0.1, 0.15) is 16.3 Å². The van der Waals surface area contributed by atoms with Gasteiger partial charge in [0.2, 0.25) is 10.0 Å². The van der Waals surface area contributed by atoms with Crippen molar-refractivity contribution in [3.8, 4) is 5.75 Å². The topological polar surface area (TPSA) is 80.1 Å². The standard InChI is InChI=1S/C22H19F3N2O5S/c23-15-4-6-16(7-5-15)31-14-17-8-9-20(32-17)22(28)26-10-12-27(13-11-26)33(29,30)21-18(24)2-1-3-19(21)25/h1-9H,10-14H2. The molecular formula is C22H19F3N2O5S. The van der Waals surface area contributed by atoms with Crippen LogP contribution in [-0.4, -0.2) is 49.7 Å². The second-order valence-corrected chi connectivity index (χ2v) is 9.13. The molecule has 0 aliphatic carbocycles. The summed E-state index contributed by atoms with van der Waals surface area (Å²) in [5.41, 5.74) is 0. The largest absolute Gasteiger partial charge is 0.486 e. The van der Waals surface area contributed by atoms with E-state index < -0.39 is 32.5 Å². The van der Waals surface area contributed by atoms with E-state index >= 15 is 0 Å². The van der Waals surface area contributed by atoms with Crippen molar-refractivity contribution in [3.05, 3.63) is 83.6 Å². The highest BCUT2D eigenvalue weighted by molar-refractivity contribution is 7.89. The SMILES string of the molecule is O=C(c1ccc(COc2ccc(F)cc2)o1)N1CCN(S(=O)(=O)c2c(F)cccc2F)CC1. The number of sulfonamides is 1. The zero-order chi connectivity index (χ0) is 23.6. The number of carbonyl (C=O) groups excluding carboxylic acids is 1. The van der Waals surface area contributed by atoms with E-state index in [1.165, 1.54) is 35.2 Å². The maximum atomic E-state index is 14.0. The lowest BCUT2D eigenvalue weighted by atomic mass is 10.3. The normalized spacial score (nSPS) is 14.9. The van der Waals surface area contributed by atoms with Gasteiger partial charge in [-0.15, -0.1) is 0 Å². The minimum Gasteiger partial charge on any atom is -0.486 e. The molecule has 0 bridgehead atoms. The van der Waals surface area contributed by atoms with Crippen LogP contribution in [0, 0.1) is 17.5 Å². The summed E-state index contributed by atoms with van der Waals surface area (Å²) in [6.07, 6.45) is 0. The van der Waals surface area contributed by atoms with Gasteiger partial charge in [0.25, 0.3) is 5.91 Å². The lowest BCUT2D eigenvalue weighted by molar-refractivity contribution is 0.0661. The summed E-state index contributed by atoms with van der Waals surface area (Å²) in [4.78, 5) is 13.1. The third-order valence-corrected chi connectivity index (χ3v) is 7.06. The third kappa shape index (κ3) is 4.88. The molecule has 0 saturated carbocycles. The highest BCUT2D eigenvalue weighted by Gasteiger charge is 2.34. The Bertz CT molecular complexity index is 1230. The first-order valence-corrected chi connectivity index (χ1v) is 11.4. The number of hydrogen-bond donors (Lipinski definition) is 0. The molecule has 174 valence electrons. The van der Waals surface area contributed by atoms with Crippen LogP contribution in [-0.2, 0) is 16.6 Å². The highest BCUT2D eigenvalue weighted by Crippen LogP contribution is 2.24. The van der Waals surface area contributed by atoms with Crippen LogP contribution in [0.4, 0.5) is 13.2 Å². The van der Waals surface area contributed by atoms with Gasteiger partial charge in [0.15, 0.2) is 10.7 Å². The van der Waals surface area contributed by atoms with Gasteiger partial charge < -0.3 is 14.1 Å². The number of benzene rings is 2. The highest BCUT2D eigenvalue weighted by atomic mass is 32.2. The van der Waals surface area contributed by atoms with E-state index in [-0.39, 0.29) is 44.4 Å². The van der Waals surface area contributed by atoms with Crippen molar-refractivity contribution in [1.29, 1.82) is 0 Å². The van der Waals surface area contributed by atoms with Gasteiger partial charge in [-0.2, -0.15) is 4.31 Å². The minimum atomic E-state index is -4.39. The summed E-state index contributed by atoms with van der Waals surface area (Å²) in [7, 11) is -4.39. The number of amides is 1. The molecule has 7 nitrogen and oxygen atoms in total. The molecule has 1 amide bonds. The molecule has 11 heteroatoms. The van der Waals surface area contributed by atoms with Crippen LogP contribution in [0.3, 0.4) is 0 Å². The fourth-order valence-electron chi connectivity index (χ4n) is 3.40. The van der Waals surface area contributed by atoms with Crippen LogP contribution < -0.4 is 4.74 Å². The fraction of sp³-hybridized carbons (Fsp3) is 0.227. The van der Waals surface area contributed by atoms with E-state index in [9.17, 15) is 26.4 Å². The summed E-state index contributed by atoms with van der Waals surface area (Å²) in [6, 6.07) is 11.3. The second kappa shape index (κ2) is 9.28. The van der Waals surface area contributed by atoms with Gasteiger partial charge in [0.1, 0.15) is 35.6 Å². The quantitative estimate of drug-likeness (QED) is 0.540. The van der Waals surface area contributed by atoms with Gasteiger partial charge in [-0.1, -0.05) is 6.07 Å². The van der Waals surface area contributed by atoms with Crippen LogP contribution in [0.2, 0.25) is 0 Å². The van der Waals surface area contributed by atoms with Crippen LogP contribution >= 0.6 is 0 Å². The van der Waals surface area contributed by atoms with E-state index in [4.69, 9.17) is 9.15 Å². The van der Waals surface area contributed by atoms with Gasteiger partial charge in [-0.25, -0.2) is 21.6 Å². The van der Waals surface area contributed by atoms with E-state index in [2.05, 4.69) is 0 Å². The van der Waals surface area contributed by atoms with Gasteiger partial charge in [-0.3, -0.25) is 4.79 Å². The lowest BCUT2D eigenvalue weighted by Gasteiger charge is -2.33. The van der Waals surface area contributed by atoms with Gasteiger partial charge >= 0.3 is 0 Å². The molecule has 2 aromatic carbocycles. The van der Waals surface area contributed by atoms with E-state index in [0.717, 1.165) is 22.5 Å². The molecule has 1 fully saturated rings. The van der Waals surface area contributed by atoms with Gasteiger partial charge in [0, 0.05) is 26.2 Å². The van der Waals surface area contributed by atoms with Crippen molar-refractivity contribution in [2.75, 3.05) is 26.2 Å². The van der Waals surface area contributed by atoms with Crippen molar-refractivity contribution in [3.63, 3.8) is 0 Å². The molecule has 4 rings (SSSR count). The maximum Gasteiger partial charge on any atom is 0.289 e. The first kappa shape index (κ1) is 22.9. The Morgan fingerprint density at radius 3 is 2.18 bits per heavy atom. The number of nitrogens with zero attached hydrogens (tertiary/aromatic N) is 2. The maximum absolute atomic E-state index is 14.0. The van der Waals surface area contributed by atoms with Crippen molar-refractivity contribution < 1.29 is 35.5 Å². The van der Waals surface area contributed by atoms with E-state index in [0.29, 0.717) is 11.5 Å². The molecule has 0 N–H and O–H groups in total. The molecule has 1 aliphatic rings. The average Bonchev–Trinajstić information content (AvgIpc) is 3.27. The molecule has 0 atom stereocenters. The zero-order valence-corrected chi connectivity index (χ0v) is 18.0. The van der Waals surface area contributed by atoms with Gasteiger partial charge in [-0.05, 0) is 48.5 Å². The molecule has 2 heterocycles. The molecule has 3 aromatic rings. The fourth-order valence-corrected chi connectivity index (χ4v) is 4.93. The summed E-state index contributed by atoms with van der Waals surface area (Å²) in [5, 5.41) is 0. The monoisotopic (exact) mass is 480 g/mol. The van der Waals surface area contributed by atoms with Crippen LogP contribution in [0.25, 0.3) is 0 Å². The number of ether oxygens (including phenoxy) is 1. The smallest absolute Gasteiger partial charge is 0.289 e. The Morgan fingerprint density at radius 1 is 0.909 bits per heavy atom. The summed E-state index contributed by atoms with van der Waals surface area (Å²) >= 11 is 0. The van der Waals surface area contributed by atoms with E-state index in [1.54, 1.807) is 6.07 Å². The average molecular weight is 480 g/mol. The molecule has 1 saturated heterocycles. The number of halogens is 3. The number of furan rings is 1. The number of hydrogen-bond acceptors (Lipinski definition) is 5. The Kier molecular flexibility index (Phi) is 6.43. The Labute approximate surface area is 188 Å². The summed E-state index contributed by atoms with van der Waals surface area (Å²) in [6.45, 7) is -0.169. The third-order valence-electron chi connectivity index (χ3n) is 5.11. The molecular weight excluding hydrogens is 461 g/mol. The molecule has 1 aromatic heterocycles. The Hall–Kier alpha value is -3.31. The predicted molar refractivity (Wildman–Crippen MR) is 110 cm³/mol. The number of piperazine rings is 1. The zero-order valence-electron chi connectivity index (χ0n) is 17.2. The lowest BCUT2D eigenvalue weighted by Crippen LogP contribution is -2.50. The van der Waals surface area contributed by atoms with E-state index in [1.807, 2.05) is 0 Å². The van der Waals surface area contributed by atoms with Crippen molar-refractivity contribution in [2.45, 2.75) is 11.5 Å². The minimum absolute atomic E-state index is 0.0241. The summed E-state index contributed by atoms with van der Waals surface area (Å²) < 4.78 is 78.2. The first-order valence-electron chi connectivity index (χ1n) is 9.96. The number of carbonyl (C=O) groups is 1. The predicted octanol–water partition coefficient (Wildman–Crippen LogP) is 3.42. The van der Waals surface area contributed by atoms with Crippen molar-refractivity contribution in [2.24, 2.45) is 0 Å². The van der Waals surface area contributed by atoms with Gasteiger partial charge in [0.05, 0.1) is 0 Å². The second-order valence-electron chi connectivity index (χ2n) is 7.26. The summed E-state index contributed by atoms with van der Waals surface area (Å²) in [5.74, 6) is -2.32. The van der Waals surface area contributed by atoms with Crippen molar-refractivity contribution in [1.82, 2.24) is 9.21 Å². The van der Waals surface area contributed by atoms with Crippen LogP contribution in [0.5, 0.6) is 5.75 Å². The molecule has 33 heavy (non-hydrogen) atoms.